The molecule has 1 N–H and O–H groups in total. The Kier molecular flexibility index (Phi) is 4.86. The maximum absolute atomic E-state index is 4.77. The van der Waals surface area contributed by atoms with Gasteiger partial charge in [0.05, 0.1) is 23.8 Å². The zero-order chi connectivity index (χ0) is 18.8. The van der Waals surface area contributed by atoms with Crippen molar-refractivity contribution in [3.63, 3.8) is 0 Å². The van der Waals surface area contributed by atoms with Crippen LogP contribution in [0.3, 0.4) is 0 Å². The second kappa shape index (κ2) is 7.45. The van der Waals surface area contributed by atoms with E-state index < -0.39 is 0 Å². The van der Waals surface area contributed by atoms with E-state index in [0.29, 0.717) is 5.92 Å². The lowest BCUT2D eigenvalue weighted by Gasteiger charge is -2.35. The predicted octanol–water partition coefficient (Wildman–Crippen LogP) is 4.11. The van der Waals surface area contributed by atoms with Gasteiger partial charge in [0.25, 0.3) is 0 Å². The highest BCUT2D eigenvalue weighted by atomic mass is 15.2. The molecule has 1 atom stereocenters. The van der Waals surface area contributed by atoms with Gasteiger partial charge in [-0.25, -0.2) is 15.0 Å². The number of imidazole rings is 1. The smallest absolute Gasteiger partial charge is 0.131 e. The number of fused-ring (bicyclic) bond motifs is 1. The van der Waals surface area contributed by atoms with Crippen LogP contribution in [0.25, 0.3) is 6.08 Å². The standard InChI is InChI=1S/C22H25N5/c1-4-16-6-5-7-17(12-16)21-20-19(24-14-25-20)9-11-27(21)13-18-8-10-23-22(26-18)15(2)3/h4-8,10,12,14-15,21H,1,9,11,13H2,2-3H3,(H,24,25)/t21-/m0/s1. The SMILES string of the molecule is C=Cc1cccc([C@H]2c3nc[nH]c3CCN2Cc2ccnc(C(C)C)n2)c1. The number of nitrogens with zero attached hydrogens (tertiary/aromatic N) is 4. The van der Waals surface area contributed by atoms with Gasteiger partial charge in [-0.1, -0.05) is 44.7 Å². The van der Waals surface area contributed by atoms with Gasteiger partial charge in [-0.15, -0.1) is 0 Å². The molecule has 3 aromatic rings. The third-order valence-electron chi connectivity index (χ3n) is 5.10. The summed E-state index contributed by atoms with van der Waals surface area (Å²) in [4.78, 5) is 19.6. The van der Waals surface area contributed by atoms with Gasteiger partial charge in [-0.3, -0.25) is 4.90 Å². The van der Waals surface area contributed by atoms with E-state index in [4.69, 9.17) is 4.98 Å². The van der Waals surface area contributed by atoms with E-state index in [2.05, 4.69) is 64.5 Å². The second-order valence-corrected chi connectivity index (χ2v) is 7.32. The van der Waals surface area contributed by atoms with Crippen LogP contribution in [0.2, 0.25) is 0 Å². The van der Waals surface area contributed by atoms with Gasteiger partial charge in [0.2, 0.25) is 0 Å². The third kappa shape index (κ3) is 3.55. The fraction of sp³-hybridized carbons (Fsp3) is 0.318. The zero-order valence-corrected chi connectivity index (χ0v) is 15.9. The van der Waals surface area contributed by atoms with Gasteiger partial charge >= 0.3 is 0 Å². The number of aromatic amines is 1. The molecular formula is C22H25N5. The highest BCUT2D eigenvalue weighted by Crippen LogP contribution is 2.34. The molecule has 0 saturated heterocycles. The number of rotatable bonds is 5. The van der Waals surface area contributed by atoms with Crippen LogP contribution in [0.5, 0.6) is 0 Å². The summed E-state index contributed by atoms with van der Waals surface area (Å²) in [6, 6.07) is 10.7. The Labute approximate surface area is 160 Å². The minimum absolute atomic E-state index is 0.109. The Morgan fingerprint density at radius 1 is 1.30 bits per heavy atom. The largest absolute Gasteiger partial charge is 0.348 e. The van der Waals surface area contributed by atoms with Gasteiger partial charge in [-0.05, 0) is 23.3 Å². The maximum Gasteiger partial charge on any atom is 0.131 e. The number of hydrogen-bond acceptors (Lipinski definition) is 4. The Morgan fingerprint density at radius 2 is 2.19 bits per heavy atom. The molecule has 1 aliphatic rings. The Bertz CT molecular complexity index is 943. The van der Waals surface area contributed by atoms with E-state index in [1.54, 1.807) is 6.33 Å². The summed E-state index contributed by atoms with van der Waals surface area (Å²) in [5, 5.41) is 0. The fourth-order valence-electron chi connectivity index (χ4n) is 3.71. The second-order valence-electron chi connectivity index (χ2n) is 7.32. The van der Waals surface area contributed by atoms with E-state index in [-0.39, 0.29) is 6.04 Å². The molecule has 0 fully saturated rings. The molecular weight excluding hydrogens is 334 g/mol. The summed E-state index contributed by atoms with van der Waals surface area (Å²) in [6.07, 6.45) is 6.53. The lowest BCUT2D eigenvalue weighted by molar-refractivity contribution is 0.197. The minimum atomic E-state index is 0.109. The molecule has 0 spiro atoms. The number of benzene rings is 1. The molecule has 0 saturated carbocycles. The molecule has 0 aliphatic carbocycles. The molecule has 5 nitrogen and oxygen atoms in total. The van der Waals surface area contributed by atoms with Crippen LogP contribution in [-0.2, 0) is 13.0 Å². The first-order valence-corrected chi connectivity index (χ1v) is 9.46. The van der Waals surface area contributed by atoms with Crippen molar-refractivity contribution in [3.05, 3.63) is 83.5 Å². The van der Waals surface area contributed by atoms with Gasteiger partial charge in [0.1, 0.15) is 5.82 Å². The van der Waals surface area contributed by atoms with E-state index in [0.717, 1.165) is 42.3 Å². The van der Waals surface area contributed by atoms with Crippen molar-refractivity contribution in [2.45, 2.75) is 38.8 Å². The summed E-state index contributed by atoms with van der Waals surface area (Å²) in [6.45, 7) is 9.89. The fourth-order valence-corrected chi connectivity index (χ4v) is 3.71. The van der Waals surface area contributed by atoms with Crippen LogP contribution >= 0.6 is 0 Å². The molecule has 3 heterocycles. The van der Waals surface area contributed by atoms with Crippen molar-refractivity contribution in [1.29, 1.82) is 0 Å². The molecule has 0 bridgehead atoms. The first-order valence-electron chi connectivity index (χ1n) is 9.46. The normalized spacial score (nSPS) is 17.1. The quantitative estimate of drug-likeness (QED) is 0.745. The van der Waals surface area contributed by atoms with Gasteiger partial charge in [-0.2, -0.15) is 0 Å². The highest BCUT2D eigenvalue weighted by Gasteiger charge is 2.31. The Hall–Kier alpha value is -2.79. The highest BCUT2D eigenvalue weighted by molar-refractivity contribution is 5.49. The van der Waals surface area contributed by atoms with E-state index in [1.165, 1.54) is 11.3 Å². The van der Waals surface area contributed by atoms with Crippen LogP contribution in [-0.4, -0.2) is 31.4 Å². The molecule has 2 aromatic heterocycles. The molecule has 27 heavy (non-hydrogen) atoms. The van der Waals surface area contributed by atoms with Crippen molar-refractivity contribution >= 4 is 6.08 Å². The minimum Gasteiger partial charge on any atom is -0.348 e. The Morgan fingerprint density at radius 3 is 3.00 bits per heavy atom. The van der Waals surface area contributed by atoms with Crippen LogP contribution in [0.1, 0.15) is 59.8 Å². The summed E-state index contributed by atoms with van der Waals surface area (Å²) >= 11 is 0. The molecule has 4 rings (SSSR count). The molecule has 0 amide bonds. The van der Waals surface area contributed by atoms with Crippen LogP contribution in [0, 0.1) is 0 Å². The van der Waals surface area contributed by atoms with Crippen LogP contribution in [0.4, 0.5) is 0 Å². The average Bonchev–Trinajstić information content (AvgIpc) is 3.16. The molecule has 5 heteroatoms. The average molecular weight is 359 g/mol. The van der Waals surface area contributed by atoms with Crippen molar-refractivity contribution < 1.29 is 0 Å². The van der Waals surface area contributed by atoms with Gasteiger partial charge in [0, 0.05) is 37.3 Å². The first-order chi connectivity index (χ1) is 13.2. The third-order valence-corrected chi connectivity index (χ3v) is 5.10. The van der Waals surface area contributed by atoms with Crippen molar-refractivity contribution in [2.75, 3.05) is 6.54 Å². The topological polar surface area (TPSA) is 57.7 Å². The van der Waals surface area contributed by atoms with E-state index >= 15 is 0 Å². The van der Waals surface area contributed by atoms with Crippen LogP contribution in [0.15, 0.2) is 49.4 Å². The van der Waals surface area contributed by atoms with Crippen LogP contribution < -0.4 is 0 Å². The number of aromatic nitrogens is 4. The van der Waals surface area contributed by atoms with E-state index in [1.807, 2.05) is 18.3 Å². The van der Waals surface area contributed by atoms with Crippen molar-refractivity contribution in [2.24, 2.45) is 0 Å². The number of H-pyrrole nitrogens is 1. The van der Waals surface area contributed by atoms with Gasteiger partial charge in [0.15, 0.2) is 0 Å². The van der Waals surface area contributed by atoms with E-state index in [9.17, 15) is 0 Å². The molecule has 1 aliphatic heterocycles. The number of nitrogens with one attached hydrogen (secondary N) is 1. The monoisotopic (exact) mass is 359 g/mol. The number of hydrogen-bond donors (Lipinski definition) is 1. The molecule has 1 aromatic carbocycles. The summed E-state index contributed by atoms with van der Waals surface area (Å²) in [7, 11) is 0. The summed E-state index contributed by atoms with van der Waals surface area (Å²) < 4.78 is 0. The molecule has 0 unspecified atom stereocenters. The lowest BCUT2D eigenvalue weighted by Crippen LogP contribution is -2.36. The predicted molar refractivity (Wildman–Crippen MR) is 107 cm³/mol. The van der Waals surface area contributed by atoms with Gasteiger partial charge < -0.3 is 4.98 Å². The summed E-state index contributed by atoms with van der Waals surface area (Å²) in [5.41, 5.74) is 5.75. The lowest BCUT2D eigenvalue weighted by atomic mass is 9.94. The molecule has 138 valence electrons. The Balaban J connectivity index is 1.70. The summed E-state index contributed by atoms with van der Waals surface area (Å²) in [5.74, 6) is 1.22. The zero-order valence-electron chi connectivity index (χ0n) is 15.9. The van der Waals surface area contributed by atoms with Crippen molar-refractivity contribution in [3.8, 4) is 0 Å². The first kappa shape index (κ1) is 17.6. The van der Waals surface area contributed by atoms with Crippen molar-refractivity contribution in [1.82, 2.24) is 24.8 Å². The maximum atomic E-state index is 4.77. The molecule has 0 radical (unpaired) electrons.